The van der Waals surface area contributed by atoms with Crippen LogP contribution in [0.5, 0.6) is 0 Å². The molecule has 1 saturated carbocycles. The number of aliphatic hydroxyl groups is 3. The fraction of sp³-hybridized carbons (Fsp3) is 0.773. The first-order chi connectivity index (χ1) is 13.0. The molecule has 0 aliphatic heterocycles. The van der Waals surface area contributed by atoms with Crippen molar-refractivity contribution >= 4 is 5.97 Å². The van der Waals surface area contributed by atoms with Gasteiger partial charge in [-0.25, -0.2) is 0 Å². The first-order valence-corrected chi connectivity index (χ1v) is 10.2. The first-order valence-electron chi connectivity index (χ1n) is 10.7. The van der Waals surface area contributed by atoms with E-state index < -0.39 is 29.7 Å². The van der Waals surface area contributed by atoms with Crippen molar-refractivity contribution in [3.63, 3.8) is 0 Å². The summed E-state index contributed by atoms with van der Waals surface area (Å²) in [5.74, 6) is -1.31. The molecule has 1 rings (SSSR count). The van der Waals surface area contributed by atoms with Gasteiger partial charge in [-0.15, -0.1) is 0 Å². The Hall–Kier alpha value is -1.17. The van der Waals surface area contributed by atoms with Crippen molar-refractivity contribution in [3.8, 4) is 0 Å². The summed E-state index contributed by atoms with van der Waals surface area (Å²) in [7, 11) is 0. The van der Waals surface area contributed by atoms with E-state index in [0.717, 1.165) is 19.3 Å². The maximum Gasteiger partial charge on any atom is 0.303 e. The highest BCUT2D eigenvalue weighted by atomic mass is 16.4. The molecule has 0 amide bonds. The molecule has 4 N–H and O–H groups in total. The zero-order chi connectivity index (χ0) is 21.4. The Balaban J connectivity index is 2.73. The number of carbonyl (C=O) groups is 1. The summed E-state index contributed by atoms with van der Waals surface area (Å²) in [6.07, 6.45) is 8.80. The van der Waals surface area contributed by atoms with Crippen LogP contribution < -0.4 is 0 Å². The Labute approximate surface area is 165 Å². The van der Waals surface area contributed by atoms with E-state index in [1.54, 1.807) is 6.08 Å². The molecule has 27 heavy (non-hydrogen) atoms. The quantitative estimate of drug-likeness (QED) is 0.304. The summed E-state index contributed by atoms with van der Waals surface area (Å²) < 4.78 is 8.36. The van der Waals surface area contributed by atoms with Gasteiger partial charge in [0.2, 0.25) is 0 Å². The molecule has 0 aromatic heterocycles. The molecule has 0 heterocycles. The summed E-state index contributed by atoms with van der Waals surface area (Å²) in [6.45, 7) is 5.82. The maximum absolute atomic E-state index is 10.7. The number of unbranched alkanes of at least 4 members (excludes halogenated alkanes) is 2. The Morgan fingerprint density at radius 3 is 2.59 bits per heavy atom. The largest absolute Gasteiger partial charge is 0.481 e. The normalized spacial score (nSPS) is 29.3. The third-order valence-corrected chi connectivity index (χ3v) is 5.58. The van der Waals surface area contributed by atoms with Gasteiger partial charge in [0, 0.05) is 18.8 Å². The van der Waals surface area contributed by atoms with Crippen molar-refractivity contribution in [2.24, 2.45) is 17.3 Å². The molecular formula is C22H38O5. The van der Waals surface area contributed by atoms with Gasteiger partial charge in [-0.3, -0.25) is 4.79 Å². The van der Waals surface area contributed by atoms with Crippen LogP contribution in [0.15, 0.2) is 24.3 Å². The van der Waals surface area contributed by atoms with E-state index in [0.29, 0.717) is 19.3 Å². The molecule has 5 heteroatoms. The zero-order valence-corrected chi connectivity index (χ0v) is 17.0. The number of hydrogen-bond donors (Lipinski definition) is 4. The third kappa shape index (κ3) is 8.16. The highest BCUT2D eigenvalue weighted by molar-refractivity contribution is 5.66. The number of rotatable bonds is 12. The van der Waals surface area contributed by atoms with E-state index in [9.17, 15) is 20.1 Å². The Morgan fingerprint density at radius 1 is 1.26 bits per heavy atom. The van der Waals surface area contributed by atoms with Crippen molar-refractivity contribution in [1.29, 1.82) is 0 Å². The molecule has 1 fully saturated rings. The van der Waals surface area contributed by atoms with Gasteiger partial charge in [-0.2, -0.15) is 0 Å². The fourth-order valence-electron chi connectivity index (χ4n) is 3.62. The average Bonchev–Trinajstić information content (AvgIpc) is 2.87. The van der Waals surface area contributed by atoms with Crippen LogP contribution in [-0.4, -0.2) is 44.7 Å². The Bertz CT molecular complexity index is 541. The molecule has 0 unspecified atom stereocenters. The highest BCUT2D eigenvalue weighted by Crippen LogP contribution is 2.37. The lowest BCUT2D eigenvalue weighted by Gasteiger charge is -2.29. The molecule has 5 nitrogen and oxygen atoms in total. The van der Waals surface area contributed by atoms with Crippen LogP contribution in [0.1, 0.15) is 73.5 Å². The van der Waals surface area contributed by atoms with Gasteiger partial charge < -0.3 is 20.4 Å². The molecule has 0 aromatic rings. The van der Waals surface area contributed by atoms with Crippen LogP contribution in [0.4, 0.5) is 0 Å². The SMILES string of the molecule is [2H][C@@](O)(/C=C/[C@@H]1[C@@H](C/C=C\CCCC(=O)O)[C@@H](O)C[C@H]1O)C(C)(C)CCCC. The topological polar surface area (TPSA) is 98.0 Å². The molecule has 1 aliphatic rings. The second-order valence-corrected chi connectivity index (χ2v) is 8.34. The first kappa shape index (κ1) is 22.1. The summed E-state index contributed by atoms with van der Waals surface area (Å²) in [5.41, 5.74) is -0.610. The minimum atomic E-state index is -1.74. The number of allylic oxidation sites excluding steroid dienone is 2. The number of aliphatic hydroxyl groups excluding tert-OH is 2. The lowest BCUT2D eigenvalue weighted by Crippen LogP contribution is -2.28. The molecule has 0 radical (unpaired) electrons. The molecule has 0 bridgehead atoms. The van der Waals surface area contributed by atoms with Crippen LogP contribution in [0.25, 0.3) is 0 Å². The van der Waals surface area contributed by atoms with Crippen molar-refractivity contribution in [2.45, 2.75) is 90.4 Å². The molecule has 156 valence electrons. The molecular weight excluding hydrogens is 344 g/mol. The van der Waals surface area contributed by atoms with Gasteiger partial charge in [0.05, 0.1) is 19.7 Å². The standard InChI is InChI=1S/C22H38O5/c1-4-5-14-22(2,3)20(25)13-12-17-16(18(23)15-19(17)24)10-8-6-7-9-11-21(26)27/h6,8,12-13,16-20,23-25H,4-5,7,9-11,14-15H2,1-3H3,(H,26,27)/b8-6-,13-12+/t16-,17-,18+,19-,20-/m1/s1/i20D. The van der Waals surface area contributed by atoms with E-state index in [2.05, 4.69) is 6.92 Å². The highest BCUT2D eigenvalue weighted by Gasteiger charge is 2.39. The van der Waals surface area contributed by atoms with Crippen molar-refractivity contribution in [3.05, 3.63) is 24.3 Å². The summed E-state index contributed by atoms with van der Waals surface area (Å²) in [6, 6.07) is 0. The average molecular weight is 384 g/mol. The predicted molar refractivity (Wildman–Crippen MR) is 107 cm³/mol. The Kier molecular flexibility index (Phi) is 9.52. The monoisotopic (exact) mass is 383 g/mol. The van der Waals surface area contributed by atoms with Crippen LogP contribution in [-0.2, 0) is 4.79 Å². The fourth-order valence-corrected chi connectivity index (χ4v) is 3.62. The van der Waals surface area contributed by atoms with E-state index in [-0.39, 0.29) is 24.7 Å². The minimum absolute atomic E-state index is 0.135. The molecule has 0 saturated heterocycles. The lowest BCUT2D eigenvalue weighted by atomic mass is 9.80. The van der Waals surface area contributed by atoms with Crippen LogP contribution >= 0.6 is 0 Å². The van der Waals surface area contributed by atoms with Crippen molar-refractivity contribution in [1.82, 2.24) is 0 Å². The van der Waals surface area contributed by atoms with Crippen molar-refractivity contribution < 1.29 is 26.6 Å². The number of aliphatic carboxylic acids is 1. The van der Waals surface area contributed by atoms with E-state index in [1.807, 2.05) is 26.0 Å². The van der Waals surface area contributed by atoms with E-state index >= 15 is 0 Å². The molecule has 0 aromatic carbocycles. The predicted octanol–water partition coefficient (Wildman–Crippen LogP) is 3.68. The molecule has 0 spiro atoms. The van der Waals surface area contributed by atoms with Gasteiger partial charge in [-0.1, -0.05) is 57.9 Å². The smallest absolute Gasteiger partial charge is 0.303 e. The van der Waals surface area contributed by atoms with Crippen molar-refractivity contribution in [2.75, 3.05) is 0 Å². The number of carboxylic acid groups (broad SMARTS) is 1. The van der Waals surface area contributed by atoms with Gasteiger partial charge in [0.25, 0.3) is 0 Å². The van der Waals surface area contributed by atoms with Gasteiger partial charge in [0.1, 0.15) is 0 Å². The van der Waals surface area contributed by atoms with Gasteiger partial charge >= 0.3 is 5.97 Å². The summed E-state index contributed by atoms with van der Waals surface area (Å²) in [5, 5.41) is 39.9. The third-order valence-electron chi connectivity index (χ3n) is 5.58. The van der Waals surface area contributed by atoms with E-state index in [4.69, 9.17) is 6.48 Å². The second kappa shape index (κ2) is 11.6. The second-order valence-electron chi connectivity index (χ2n) is 8.34. The van der Waals surface area contributed by atoms with Crippen LogP contribution in [0, 0.1) is 17.3 Å². The number of hydrogen-bond acceptors (Lipinski definition) is 4. The lowest BCUT2D eigenvalue weighted by molar-refractivity contribution is -0.137. The van der Waals surface area contributed by atoms with Crippen LogP contribution in [0.3, 0.4) is 0 Å². The van der Waals surface area contributed by atoms with Gasteiger partial charge in [-0.05, 0) is 37.0 Å². The molecule has 1 aliphatic carbocycles. The number of carboxylic acids is 1. The zero-order valence-electron chi connectivity index (χ0n) is 18.0. The van der Waals surface area contributed by atoms with Gasteiger partial charge in [0.15, 0.2) is 0 Å². The maximum atomic E-state index is 10.7. The van der Waals surface area contributed by atoms with Crippen LogP contribution in [0.2, 0.25) is 0 Å². The summed E-state index contributed by atoms with van der Waals surface area (Å²) in [4.78, 5) is 10.5. The van der Waals surface area contributed by atoms with E-state index in [1.165, 1.54) is 6.08 Å². The Morgan fingerprint density at radius 2 is 1.96 bits per heavy atom. The molecule has 5 atom stereocenters. The minimum Gasteiger partial charge on any atom is -0.481 e. The summed E-state index contributed by atoms with van der Waals surface area (Å²) >= 11 is 0.